The van der Waals surface area contributed by atoms with E-state index in [4.69, 9.17) is 4.74 Å². The van der Waals surface area contributed by atoms with E-state index in [9.17, 15) is 14.9 Å². The average Bonchev–Trinajstić information content (AvgIpc) is 3.29. The molecule has 0 radical (unpaired) electrons. The summed E-state index contributed by atoms with van der Waals surface area (Å²) >= 11 is 2.30. The van der Waals surface area contributed by atoms with Gasteiger partial charge in [-0.1, -0.05) is 23.5 Å². The summed E-state index contributed by atoms with van der Waals surface area (Å²) in [5, 5.41) is 15.7. The highest BCUT2D eigenvalue weighted by molar-refractivity contribution is 7.16. The summed E-state index contributed by atoms with van der Waals surface area (Å²) in [4.78, 5) is 27.2. The Morgan fingerprint density at radius 3 is 2.85 bits per heavy atom. The van der Waals surface area contributed by atoms with Crippen molar-refractivity contribution in [2.75, 3.05) is 12.4 Å². The van der Waals surface area contributed by atoms with Crippen LogP contribution in [0.5, 0.6) is 5.75 Å². The number of carbonyl (C=O) groups excluding carboxylic acids is 1. The lowest BCUT2D eigenvalue weighted by atomic mass is 10.1. The first-order chi connectivity index (χ1) is 12.6. The summed E-state index contributed by atoms with van der Waals surface area (Å²) in [6, 6.07) is 10.5. The van der Waals surface area contributed by atoms with Gasteiger partial charge in [0.1, 0.15) is 5.75 Å². The highest BCUT2D eigenvalue weighted by Gasteiger charge is 2.11. The molecular weight excluding hydrogens is 374 g/mol. The van der Waals surface area contributed by atoms with Gasteiger partial charge in [-0.25, -0.2) is 4.98 Å². The number of carbonyl (C=O) groups is 1. The summed E-state index contributed by atoms with van der Waals surface area (Å²) in [5.74, 6) is 0.344. The normalized spacial score (nSPS) is 10.8. The number of hydrogen-bond acceptors (Lipinski definition) is 7. The van der Waals surface area contributed by atoms with E-state index in [1.165, 1.54) is 29.6 Å². The molecule has 9 heteroatoms. The Hall–Kier alpha value is -3.04. The molecule has 7 nitrogen and oxygen atoms in total. The van der Waals surface area contributed by atoms with Crippen LogP contribution in [-0.4, -0.2) is 22.9 Å². The molecule has 0 spiro atoms. The molecule has 2 aromatic heterocycles. The van der Waals surface area contributed by atoms with Crippen LogP contribution in [0.25, 0.3) is 17.3 Å². The number of ether oxygens (including phenoxy) is 1. The number of anilines is 1. The number of nitrogens with one attached hydrogen (secondary N) is 1. The summed E-state index contributed by atoms with van der Waals surface area (Å²) in [6.45, 7) is 0. The lowest BCUT2D eigenvalue weighted by Crippen LogP contribution is -2.07. The second-order valence-electron chi connectivity index (χ2n) is 4.99. The SMILES string of the molecule is COc1ccccc1-c1csc(NC(=O)C=Cc2ccc([N+](=O)[O-])s2)n1. The number of methoxy groups -OCH3 is 1. The standard InChI is InChI=1S/C17H13N3O4S2/c1-24-14-5-3-2-4-12(14)13-10-25-17(18-13)19-15(21)8-6-11-7-9-16(26-11)20(22)23/h2-10H,1H3,(H,18,19,21). The molecule has 0 saturated carbocycles. The summed E-state index contributed by atoms with van der Waals surface area (Å²) < 4.78 is 5.32. The van der Waals surface area contributed by atoms with Gasteiger partial charge in [0, 0.05) is 28.0 Å². The first-order valence-electron chi connectivity index (χ1n) is 7.39. The van der Waals surface area contributed by atoms with Gasteiger partial charge in [0.2, 0.25) is 5.91 Å². The summed E-state index contributed by atoms with van der Waals surface area (Å²) in [6.07, 6.45) is 2.85. The number of thiophene rings is 1. The van der Waals surface area contributed by atoms with E-state index >= 15 is 0 Å². The number of para-hydroxylation sites is 1. The third-order valence-electron chi connectivity index (χ3n) is 3.31. The van der Waals surface area contributed by atoms with Crippen molar-refractivity contribution in [1.29, 1.82) is 0 Å². The fraction of sp³-hybridized carbons (Fsp3) is 0.0588. The van der Waals surface area contributed by atoms with Crippen LogP contribution in [0.3, 0.4) is 0 Å². The minimum atomic E-state index is -0.461. The van der Waals surface area contributed by atoms with Crippen molar-refractivity contribution in [3.05, 3.63) is 62.8 Å². The molecule has 3 aromatic rings. The topological polar surface area (TPSA) is 94.4 Å². The van der Waals surface area contributed by atoms with E-state index in [2.05, 4.69) is 10.3 Å². The molecule has 0 saturated heterocycles. The molecule has 132 valence electrons. The van der Waals surface area contributed by atoms with Gasteiger partial charge >= 0.3 is 5.00 Å². The Bertz CT molecular complexity index is 978. The first-order valence-corrected chi connectivity index (χ1v) is 9.08. The highest BCUT2D eigenvalue weighted by Crippen LogP contribution is 2.32. The Morgan fingerprint density at radius 2 is 2.12 bits per heavy atom. The second kappa shape index (κ2) is 7.89. The largest absolute Gasteiger partial charge is 0.496 e. The third-order valence-corrected chi connectivity index (χ3v) is 5.07. The van der Waals surface area contributed by atoms with Gasteiger partial charge in [-0.2, -0.15) is 0 Å². The maximum Gasteiger partial charge on any atom is 0.324 e. The molecule has 0 aliphatic carbocycles. The fourth-order valence-corrected chi connectivity index (χ4v) is 3.58. The van der Waals surface area contributed by atoms with Crippen molar-refractivity contribution < 1.29 is 14.5 Å². The second-order valence-corrected chi connectivity index (χ2v) is 6.95. The van der Waals surface area contributed by atoms with Crippen LogP contribution in [-0.2, 0) is 4.79 Å². The predicted molar refractivity (Wildman–Crippen MR) is 103 cm³/mol. The van der Waals surface area contributed by atoms with Crippen LogP contribution in [0.4, 0.5) is 10.1 Å². The number of thiazole rings is 1. The zero-order chi connectivity index (χ0) is 18.5. The smallest absolute Gasteiger partial charge is 0.324 e. The number of nitrogens with zero attached hydrogens (tertiary/aromatic N) is 2. The van der Waals surface area contributed by atoms with E-state index < -0.39 is 4.92 Å². The van der Waals surface area contributed by atoms with Crippen molar-refractivity contribution >= 4 is 44.8 Å². The Kier molecular flexibility index (Phi) is 5.40. The lowest BCUT2D eigenvalue weighted by molar-refractivity contribution is -0.380. The molecule has 2 heterocycles. The van der Waals surface area contributed by atoms with Gasteiger partial charge in [-0.3, -0.25) is 20.2 Å². The third kappa shape index (κ3) is 4.13. The summed E-state index contributed by atoms with van der Waals surface area (Å²) in [5.41, 5.74) is 1.55. The summed E-state index contributed by atoms with van der Waals surface area (Å²) in [7, 11) is 1.59. The average molecular weight is 387 g/mol. The molecule has 1 aromatic carbocycles. The first kappa shape index (κ1) is 17.8. The van der Waals surface area contributed by atoms with Gasteiger partial charge in [-0.15, -0.1) is 11.3 Å². The fourth-order valence-electron chi connectivity index (χ4n) is 2.15. The van der Waals surface area contributed by atoms with E-state index in [0.29, 0.717) is 21.5 Å². The lowest BCUT2D eigenvalue weighted by Gasteiger charge is -2.04. The number of aromatic nitrogens is 1. The number of amides is 1. The monoisotopic (exact) mass is 387 g/mol. The Morgan fingerprint density at radius 1 is 1.31 bits per heavy atom. The number of rotatable bonds is 6. The highest BCUT2D eigenvalue weighted by atomic mass is 32.1. The molecule has 3 rings (SSSR count). The van der Waals surface area contributed by atoms with Gasteiger partial charge in [0.25, 0.3) is 0 Å². The molecule has 0 atom stereocenters. The van der Waals surface area contributed by atoms with Gasteiger partial charge < -0.3 is 4.74 Å². The van der Waals surface area contributed by atoms with E-state index in [0.717, 1.165) is 16.9 Å². The van der Waals surface area contributed by atoms with Crippen LogP contribution >= 0.6 is 22.7 Å². The van der Waals surface area contributed by atoms with Crippen molar-refractivity contribution in [1.82, 2.24) is 4.98 Å². The quantitative estimate of drug-likeness (QED) is 0.383. The maximum atomic E-state index is 12.0. The van der Waals surface area contributed by atoms with Crippen molar-refractivity contribution in [2.45, 2.75) is 0 Å². The number of benzene rings is 1. The Labute approximate surface area is 156 Å². The van der Waals surface area contributed by atoms with Crippen molar-refractivity contribution in [2.24, 2.45) is 0 Å². The van der Waals surface area contributed by atoms with Crippen molar-refractivity contribution in [3.8, 4) is 17.0 Å². The molecular formula is C17H13N3O4S2. The zero-order valence-electron chi connectivity index (χ0n) is 13.5. The number of hydrogen-bond donors (Lipinski definition) is 1. The van der Waals surface area contributed by atoms with Crippen LogP contribution in [0.15, 0.2) is 47.9 Å². The maximum absolute atomic E-state index is 12.0. The van der Waals surface area contributed by atoms with Gasteiger partial charge in [0.15, 0.2) is 5.13 Å². The van der Waals surface area contributed by atoms with Crippen LogP contribution < -0.4 is 10.1 Å². The van der Waals surface area contributed by atoms with Gasteiger partial charge in [-0.05, 0) is 24.3 Å². The predicted octanol–water partition coefficient (Wildman–Crippen LogP) is 4.44. The van der Waals surface area contributed by atoms with Crippen molar-refractivity contribution in [3.63, 3.8) is 0 Å². The zero-order valence-corrected chi connectivity index (χ0v) is 15.2. The molecule has 0 aliphatic rings. The molecule has 0 bridgehead atoms. The van der Waals surface area contributed by atoms with E-state index in [-0.39, 0.29) is 10.9 Å². The minimum absolute atomic E-state index is 0.0337. The van der Waals surface area contributed by atoms with E-state index in [1.54, 1.807) is 13.2 Å². The van der Waals surface area contributed by atoms with E-state index in [1.807, 2.05) is 29.6 Å². The Balaban J connectivity index is 1.67. The molecule has 0 aliphatic heterocycles. The number of nitro groups is 1. The van der Waals surface area contributed by atoms with Gasteiger partial charge in [0.05, 0.1) is 17.7 Å². The molecule has 1 amide bonds. The minimum Gasteiger partial charge on any atom is -0.496 e. The van der Waals surface area contributed by atoms with Crippen LogP contribution in [0.1, 0.15) is 4.88 Å². The van der Waals surface area contributed by atoms with Crippen LogP contribution in [0.2, 0.25) is 0 Å². The molecule has 1 N–H and O–H groups in total. The van der Waals surface area contributed by atoms with Crippen LogP contribution in [0, 0.1) is 10.1 Å². The molecule has 26 heavy (non-hydrogen) atoms. The molecule has 0 unspecified atom stereocenters. The molecule has 0 fully saturated rings.